The van der Waals surface area contributed by atoms with E-state index >= 15 is 0 Å². The quantitative estimate of drug-likeness (QED) is 0.357. The molecule has 2 rings (SSSR count). The van der Waals surface area contributed by atoms with Gasteiger partial charge in [0.25, 0.3) is 0 Å². The van der Waals surface area contributed by atoms with E-state index in [0.29, 0.717) is 11.1 Å². The fourth-order valence-corrected chi connectivity index (χ4v) is 3.98. The van der Waals surface area contributed by atoms with Gasteiger partial charge in [-0.3, -0.25) is 0 Å². The van der Waals surface area contributed by atoms with Crippen molar-refractivity contribution in [2.24, 2.45) is 5.92 Å². The fraction of sp³-hybridized carbons (Fsp3) is 0.688. The molecule has 0 unspecified atom stereocenters. The van der Waals surface area contributed by atoms with Crippen LogP contribution in [-0.2, 0) is 4.43 Å². The summed E-state index contributed by atoms with van der Waals surface area (Å²) in [6.07, 6.45) is 3.06. The van der Waals surface area contributed by atoms with Crippen LogP contribution in [-0.4, -0.2) is 33.0 Å². The van der Waals surface area contributed by atoms with Crippen molar-refractivity contribution in [3.05, 3.63) is 21.0 Å². The Morgan fingerprint density at radius 1 is 1.45 bits per heavy atom. The first-order chi connectivity index (χ1) is 10.1. The van der Waals surface area contributed by atoms with Gasteiger partial charge in [-0.05, 0) is 53.2 Å². The third-order valence-electron chi connectivity index (χ3n) is 4.92. The minimum Gasteiger partial charge on any atom is -0.416 e. The molecule has 0 N–H and O–H groups in total. The molecule has 0 saturated carbocycles. The Balaban J connectivity index is 1.92. The minimum atomic E-state index is -1.64. The van der Waals surface area contributed by atoms with Gasteiger partial charge in [-0.2, -0.15) is 0 Å². The van der Waals surface area contributed by atoms with Crippen LogP contribution in [0.15, 0.2) is 12.3 Å². The first-order valence-electron chi connectivity index (χ1n) is 7.80. The van der Waals surface area contributed by atoms with E-state index in [9.17, 15) is 0 Å². The summed E-state index contributed by atoms with van der Waals surface area (Å²) in [5.74, 6) is 0.613. The number of aromatic nitrogens is 1. The molecule has 0 spiro atoms. The van der Waals surface area contributed by atoms with Crippen LogP contribution >= 0.6 is 34.2 Å². The van der Waals surface area contributed by atoms with Gasteiger partial charge in [0, 0.05) is 25.6 Å². The maximum atomic E-state index is 6.38. The van der Waals surface area contributed by atoms with Crippen molar-refractivity contribution in [3.8, 4) is 0 Å². The second-order valence-corrected chi connectivity index (χ2v) is 14.0. The Kier molecular flexibility index (Phi) is 5.84. The normalized spacial score (nSPS) is 19.8. The monoisotopic (exact) mass is 452 g/mol. The summed E-state index contributed by atoms with van der Waals surface area (Å²) in [5.41, 5.74) is 1.17. The number of anilines is 1. The van der Waals surface area contributed by atoms with Crippen molar-refractivity contribution in [1.29, 1.82) is 0 Å². The second-order valence-electron chi connectivity index (χ2n) is 7.64. The van der Waals surface area contributed by atoms with E-state index in [0.717, 1.165) is 23.3 Å². The van der Waals surface area contributed by atoms with Crippen LogP contribution < -0.4 is 4.90 Å². The first-order valence-corrected chi connectivity index (χ1v) is 12.2. The number of rotatable bonds is 4. The molecule has 1 aliphatic rings. The van der Waals surface area contributed by atoms with E-state index in [-0.39, 0.29) is 5.04 Å². The molecule has 6 heteroatoms. The third kappa shape index (κ3) is 4.36. The number of pyridine rings is 1. The average Bonchev–Trinajstić information content (AvgIpc) is 2.87. The molecule has 0 aliphatic carbocycles. The Morgan fingerprint density at radius 3 is 2.73 bits per heavy atom. The van der Waals surface area contributed by atoms with Gasteiger partial charge in [0.2, 0.25) is 0 Å². The summed E-state index contributed by atoms with van der Waals surface area (Å²) in [4.78, 5) is 6.65. The summed E-state index contributed by atoms with van der Waals surface area (Å²) in [6, 6.07) is 2.12. The van der Waals surface area contributed by atoms with Crippen molar-refractivity contribution < 1.29 is 4.43 Å². The van der Waals surface area contributed by atoms with E-state index in [1.807, 2.05) is 6.20 Å². The molecule has 2 heterocycles. The summed E-state index contributed by atoms with van der Waals surface area (Å²) >= 11 is 8.24. The molecular formula is C16H26ClIN2OSi. The zero-order valence-corrected chi connectivity index (χ0v) is 18.0. The van der Waals surface area contributed by atoms with Gasteiger partial charge in [-0.25, -0.2) is 4.98 Å². The molecule has 1 aliphatic heterocycles. The molecule has 0 radical (unpaired) electrons. The Morgan fingerprint density at radius 2 is 2.14 bits per heavy atom. The summed E-state index contributed by atoms with van der Waals surface area (Å²) in [7, 11) is -1.64. The van der Waals surface area contributed by atoms with Crippen LogP contribution in [0, 0.1) is 9.49 Å². The van der Waals surface area contributed by atoms with Gasteiger partial charge in [-0.15, -0.1) is 0 Å². The molecule has 3 nitrogen and oxygen atoms in total. The molecule has 124 valence electrons. The van der Waals surface area contributed by atoms with Crippen molar-refractivity contribution in [1.82, 2.24) is 4.98 Å². The minimum absolute atomic E-state index is 0.279. The fourth-order valence-electron chi connectivity index (χ4n) is 2.33. The predicted molar refractivity (Wildman–Crippen MR) is 105 cm³/mol. The number of hydrogen-bond acceptors (Lipinski definition) is 3. The highest BCUT2D eigenvalue weighted by molar-refractivity contribution is 14.1. The lowest BCUT2D eigenvalue weighted by atomic mass is 10.1. The maximum Gasteiger partial charge on any atom is 0.191 e. The average molecular weight is 453 g/mol. The van der Waals surface area contributed by atoms with Crippen LogP contribution in [0.1, 0.15) is 27.2 Å². The molecule has 0 bridgehead atoms. The van der Waals surface area contributed by atoms with Crippen LogP contribution in [0.5, 0.6) is 0 Å². The zero-order valence-electron chi connectivity index (χ0n) is 14.1. The van der Waals surface area contributed by atoms with Crippen molar-refractivity contribution in [2.75, 3.05) is 24.6 Å². The molecule has 1 fully saturated rings. The molecule has 1 aromatic heterocycles. The third-order valence-corrected chi connectivity index (χ3v) is 10.9. The van der Waals surface area contributed by atoms with Gasteiger partial charge in [0.05, 0.1) is 15.5 Å². The Bertz CT molecular complexity index is 533. The highest BCUT2D eigenvalue weighted by Gasteiger charge is 2.38. The van der Waals surface area contributed by atoms with Crippen molar-refractivity contribution in [3.63, 3.8) is 0 Å². The van der Waals surface area contributed by atoms with Crippen molar-refractivity contribution in [2.45, 2.75) is 45.3 Å². The predicted octanol–water partition coefficient (Wildman–Crippen LogP) is 5.19. The van der Waals surface area contributed by atoms with Crippen LogP contribution in [0.2, 0.25) is 23.3 Å². The molecule has 0 aromatic carbocycles. The highest BCUT2D eigenvalue weighted by atomic mass is 127. The first kappa shape index (κ1) is 18.5. The highest BCUT2D eigenvalue weighted by Crippen LogP contribution is 2.37. The Hall–Kier alpha value is 0.147. The second kappa shape index (κ2) is 6.95. The van der Waals surface area contributed by atoms with E-state index in [1.165, 1.54) is 12.1 Å². The summed E-state index contributed by atoms with van der Waals surface area (Å²) < 4.78 is 7.39. The molecule has 1 saturated heterocycles. The van der Waals surface area contributed by atoms with E-state index in [4.69, 9.17) is 16.0 Å². The lowest BCUT2D eigenvalue weighted by molar-refractivity contribution is 0.238. The molecule has 1 atom stereocenters. The van der Waals surface area contributed by atoms with Crippen LogP contribution in [0.25, 0.3) is 0 Å². The van der Waals surface area contributed by atoms with Crippen LogP contribution in [0.3, 0.4) is 0 Å². The summed E-state index contributed by atoms with van der Waals surface area (Å²) in [5, 5.41) is 0.864. The topological polar surface area (TPSA) is 25.4 Å². The summed E-state index contributed by atoms with van der Waals surface area (Å²) in [6.45, 7) is 14.5. The van der Waals surface area contributed by atoms with Gasteiger partial charge in [0.15, 0.2) is 8.32 Å². The van der Waals surface area contributed by atoms with Gasteiger partial charge in [-0.1, -0.05) is 32.4 Å². The number of nitrogens with zero attached hydrogens (tertiary/aromatic N) is 2. The molecule has 0 amide bonds. The standard InChI is InChI=1S/C16H26ClIN2OSi/c1-16(2,3)22(4,5)21-11-12-6-7-20(10-12)13-8-14(18)15(17)19-9-13/h8-9,12H,6-7,10-11H2,1-5H3/t12-/m1/s1. The van der Waals surface area contributed by atoms with Crippen LogP contribution in [0.4, 0.5) is 5.69 Å². The molecule has 1 aromatic rings. The number of hydrogen-bond donors (Lipinski definition) is 0. The van der Waals surface area contributed by atoms with E-state index in [2.05, 4.69) is 72.4 Å². The van der Waals surface area contributed by atoms with Gasteiger partial charge in [0.1, 0.15) is 5.15 Å². The van der Waals surface area contributed by atoms with E-state index in [1.54, 1.807) is 0 Å². The number of halogens is 2. The maximum absolute atomic E-state index is 6.38. The van der Waals surface area contributed by atoms with Crippen molar-refractivity contribution >= 4 is 48.2 Å². The molecular weight excluding hydrogens is 427 g/mol. The smallest absolute Gasteiger partial charge is 0.191 e. The molecule has 22 heavy (non-hydrogen) atoms. The van der Waals surface area contributed by atoms with E-state index < -0.39 is 8.32 Å². The SMILES string of the molecule is CC(C)(C)[Si](C)(C)OC[C@@H]1CCN(c2cnc(Cl)c(I)c2)C1. The zero-order chi connectivity index (χ0) is 16.5. The van der Waals surface area contributed by atoms with Gasteiger partial charge >= 0.3 is 0 Å². The lowest BCUT2D eigenvalue weighted by Gasteiger charge is -2.37. The Labute approximate surface area is 154 Å². The largest absolute Gasteiger partial charge is 0.416 e. The lowest BCUT2D eigenvalue weighted by Crippen LogP contribution is -2.42. The van der Waals surface area contributed by atoms with Gasteiger partial charge < -0.3 is 9.33 Å².